The second-order valence-corrected chi connectivity index (χ2v) is 9.24. The van der Waals surface area contributed by atoms with Gasteiger partial charge in [0.25, 0.3) is 5.91 Å². The third-order valence-corrected chi connectivity index (χ3v) is 6.03. The molecule has 0 unspecified atom stereocenters. The van der Waals surface area contributed by atoms with Crippen molar-refractivity contribution < 1.29 is 13.2 Å². The highest BCUT2D eigenvalue weighted by Gasteiger charge is 2.31. The third kappa shape index (κ3) is 3.08. The Balaban J connectivity index is 1.74. The quantitative estimate of drug-likeness (QED) is 0.593. The van der Waals surface area contributed by atoms with Gasteiger partial charge in [-0.15, -0.1) is 0 Å². The number of hydrazine groups is 1. The summed E-state index contributed by atoms with van der Waals surface area (Å²) in [7, 11) is -1.74. The van der Waals surface area contributed by atoms with Gasteiger partial charge >= 0.3 is 0 Å². The molecule has 0 atom stereocenters. The fourth-order valence-electron chi connectivity index (χ4n) is 3.26. The van der Waals surface area contributed by atoms with Crippen LogP contribution in [0.15, 0.2) is 46.0 Å². The fourth-order valence-corrected chi connectivity index (χ4v) is 4.50. The Bertz CT molecular complexity index is 1170. The van der Waals surface area contributed by atoms with E-state index in [1.165, 1.54) is 15.8 Å². The predicted molar refractivity (Wildman–Crippen MR) is 103 cm³/mol. The van der Waals surface area contributed by atoms with Crippen molar-refractivity contribution in [2.45, 2.75) is 11.3 Å². The van der Waals surface area contributed by atoms with Crippen molar-refractivity contribution in [2.24, 2.45) is 0 Å². The van der Waals surface area contributed by atoms with E-state index in [1.807, 2.05) is 6.07 Å². The molecule has 10 heteroatoms. The average molecular weight is 450 g/mol. The predicted octanol–water partition coefficient (Wildman–Crippen LogP) is 1.95. The van der Waals surface area contributed by atoms with Gasteiger partial charge in [0.05, 0.1) is 15.1 Å². The number of sulfone groups is 1. The molecule has 27 heavy (non-hydrogen) atoms. The topological polar surface area (TPSA) is 87.9 Å². The smallest absolute Gasteiger partial charge is 0.284 e. The molecule has 0 saturated carbocycles. The number of benzene rings is 1. The molecule has 2 aromatic heterocycles. The molecule has 0 fully saturated rings. The largest absolute Gasteiger partial charge is 0.292 e. The number of hydrogen-bond donors (Lipinski definition) is 0. The molecular weight excluding hydrogens is 434 g/mol. The number of rotatable bonds is 2. The third-order valence-electron chi connectivity index (χ3n) is 4.50. The van der Waals surface area contributed by atoms with E-state index in [9.17, 15) is 13.2 Å². The normalized spacial score (nSPS) is 14.5. The Morgan fingerprint density at radius 2 is 2.07 bits per heavy atom. The summed E-state index contributed by atoms with van der Waals surface area (Å²) in [4.78, 5) is 17.5. The first-order valence-electron chi connectivity index (χ1n) is 8.14. The van der Waals surface area contributed by atoms with Gasteiger partial charge in [0, 0.05) is 38.3 Å². The first-order chi connectivity index (χ1) is 12.8. The summed E-state index contributed by atoms with van der Waals surface area (Å²) in [5.41, 5.74) is 2.22. The van der Waals surface area contributed by atoms with Crippen molar-refractivity contribution in [3.63, 3.8) is 0 Å². The Hall–Kier alpha value is -2.46. The average Bonchev–Trinajstić information content (AvgIpc) is 3.03. The number of nitrogens with zero attached hydrogens (tertiary/aromatic N) is 5. The monoisotopic (exact) mass is 449 g/mol. The standard InChI is InChI=1S/C17H16BrN5O3S/c1-21-16-11(4-3-5-14(16)27(2,25)26)6-7-23(21)17(24)13-8-15-19-9-12(18)10-22(15)20-13/h3-5,8-10H,6-7H2,1-2H3. The molecule has 3 heterocycles. The van der Waals surface area contributed by atoms with E-state index in [4.69, 9.17) is 0 Å². The summed E-state index contributed by atoms with van der Waals surface area (Å²) in [6.07, 6.45) is 5.08. The zero-order chi connectivity index (χ0) is 19.3. The van der Waals surface area contributed by atoms with Crippen molar-refractivity contribution in [3.8, 4) is 0 Å². The van der Waals surface area contributed by atoms with Gasteiger partial charge in [-0.3, -0.25) is 9.80 Å². The van der Waals surface area contributed by atoms with Gasteiger partial charge in [-0.05, 0) is 34.0 Å². The van der Waals surface area contributed by atoms with Crippen LogP contribution >= 0.6 is 15.9 Å². The molecule has 1 aromatic carbocycles. The van der Waals surface area contributed by atoms with Crippen molar-refractivity contribution in [1.29, 1.82) is 0 Å². The molecule has 1 aliphatic rings. The number of carbonyl (C=O) groups excluding carboxylic acids is 1. The Kier molecular flexibility index (Phi) is 4.19. The highest BCUT2D eigenvalue weighted by molar-refractivity contribution is 9.10. The summed E-state index contributed by atoms with van der Waals surface area (Å²) in [6, 6.07) is 6.78. The lowest BCUT2D eigenvalue weighted by atomic mass is 10.1. The second-order valence-electron chi connectivity index (χ2n) is 6.34. The van der Waals surface area contributed by atoms with E-state index < -0.39 is 9.84 Å². The summed E-state index contributed by atoms with van der Waals surface area (Å²) in [5.74, 6) is -0.312. The molecule has 1 aliphatic heterocycles. The molecule has 1 amide bonds. The van der Waals surface area contributed by atoms with Gasteiger partial charge in [0.2, 0.25) is 0 Å². The van der Waals surface area contributed by atoms with Gasteiger partial charge in [-0.1, -0.05) is 12.1 Å². The lowest BCUT2D eigenvalue weighted by Gasteiger charge is -2.39. The van der Waals surface area contributed by atoms with Gasteiger partial charge in [-0.2, -0.15) is 5.10 Å². The highest BCUT2D eigenvalue weighted by atomic mass is 79.9. The second kappa shape index (κ2) is 6.31. The highest BCUT2D eigenvalue weighted by Crippen LogP contribution is 2.33. The van der Waals surface area contributed by atoms with Crippen molar-refractivity contribution in [2.75, 3.05) is 24.9 Å². The number of halogens is 1. The van der Waals surface area contributed by atoms with E-state index in [-0.39, 0.29) is 16.5 Å². The molecule has 140 valence electrons. The molecular formula is C17H16BrN5O3S. The zero-order valence-electron chi connectivity index (χ0n) is 14.6. The number of fused-ring (bicyclic) bond motifs is 2. The molecule has 0 radical (unpaired) electrons. The van der Waals surface area contributed by atoms with Crippen LogP contribution in [0.5, 0.6) is 0 Å². The zero-order valence-corrected chi connectivity index (χ0v) is 17.0. The number of para-hydroxylation sites is 1. The number of anilines is 1. The molecule has 0 N–H and O–H groups in total. The van der Waals surface area contributed by atoms with Gasteiger partial charge in [0.15, 0.2) is 21.2 Å². The summed E-state index contributed by atoms with van der Waals surface area (Å²) >= 11 is 3.33. The number of carbonyl (C=O) groups is 1. The molecule has 0 bridgehead atoms. The first kappa shape index (κ1) is 17.9. The fraction of sp³-hybridized carbons (Fsp3) is 0.235. The lowest BCUT2D eigenvalue weighted by Crippen LogP contribution is -2.49. The molecule has 8 nitrogen and oxygen atoms in total. The maximum absolute atomic E-state index is 13.1. The van der Waals surface area contributed by atoms with Gasteiger partial charge in [-0.25, -0.2) is 22.9 Å². The van der Waals surface area contributed by atoms with Gasteiger partial charge < -0.3 is 0 Å². The van der Waals surface area contributed by atoms with E-state index >= 15 is 0 Å². The molecule has 4 rings (SSSR count). The van der Waals surface area contributed by atoms with Gasteiger partial charge in [0.1, 0.15) is 0 Å². The SMILES string of the molecule is CN1c2c(cccc2S(C)(=O)=O)CCN1C(=O)c1cc2ncc(Br)cn2n1. The van der Waals surface area contributed by atoms with E-state index in [0.717, 1.165) is 10.0 Å². The van der Waals surface area contributed by atoms with Crippen molar-refractivity contribution in [1.82, 2.24) is 19.6 Å². The minimum Gasteiger partial charge on any atom is -0.284 e. The Morgan fingerprint density at radius 1 is 1.30 bits per heavy atom. The Labute approximate surface area is 164 Å². The van der Waals surface area contributed by atoms with Crippen LogP contribution in [0.4, 0.5) is 5.69 Å². The lowest BCUT2D eigenvalue weighted by molar-refractivity contribution is 0.0731. The van der Waals surface area contributed by atoms with Crippen LogP contribution in [0, 0.1) is 0 Å². The molecule has 0 spiro atoms. The molecule has 0 saturated heterocycles. The number of aromatic nitrogens is 3. The van der Waals surface area contributed by atoms with Crippen LogP contribution in [0.2, 0.25) is 0 Å². The van der Waals surface area contributed by atoms with Crippen molar-refractivity contribution >= 4 is 43.0 Å². The van der Waals surface area contributed by atoms with Crippen LogP contribution in [0.1, 0.15) is 16.1 Å². The van der Waals surface area contributed by atoms with Crippen LogP contribution in [0.3, 0.4) is 0 Å². The van der Waals surface area contributed by atoms with E-state index in [1.54, 1.807) is 42.6 Å². The van der Waals surface area contributed by atoms with Crippen LogP contribution < -0.4 is 5.01 Å². The summed E-state index contributed by atoms with van der Waals surface area (Å²) in [5, 5.41) is 7.41. The maximum atomic E-state index is 13.1. The van der Waals surface area contributed by atoms with Crippen molar-refractivity contribution in [3.05, 3.63) is 52.4 Å². The Morgan fingerprint density at radius 3 is 2.81 bits per heavy atom. The van der Waals surface area contributed by atoms with E-state index in [2.05, 4.69) is 26.0 Å². The minimum absolute atomic E-state index is 0.209. The number of hydrogen-bond acceptors (Lipinski definition) is 6. The van der Waals surface area contributed by atoms with Crippen LogP contribution in [-0.4, -0.2) is 53.8 Å². The van der Waals surface area contributed by atoms with E-state index in [0.29, 0.717) is 24.3 Å². The molecule has 3 aromatic rings. The first-order valence-corrected chi connectivity index (χ1v) is 10.8. The van der Waals surface area contributed by atoms with Crippen LogP contribution in [-0.2, 0) is 16.3 Å². The van der Waals surface area contributed by atoms with Crippen LogP contribution in [0.25, 0.3) is 5.65 Å². The molecule has 0 aliphatic carbocycles. The minimum atomic E-state index is -3.43. The maximum Gasteiger partial charge on any atom is 0.292 e. The number of amides is 1. The summed E-state index contributed by atoms with van der Waals surface area (Å²) < 4.78 is 26.6. The summed E-state index contributed by atoms with van der Waals surface area (Å²) in [6.45, 7) is 0.431.